The van der Waals surface area contributed by atoms with Crippen molar-refractivity contribution in [1.29, 1.82) is 0 Å². The first-order valence-corrected chi connectivity index (χ1v) is 10.5. The largest absolute Gasteiger partial charge is 0.463 e. The van der Waals surface area contributed by atoms with Gasteiger partial charge in [-0.1, -0.05) is 12.1 Å². The minimum atomic E-state index is -3.27. The predicted molar refractivity (Wildman–Crippen MR) is 109 cm³/mol. The Bertz CT molecular complexity index is 949. The molecule has 0 radical (unpaired) electrons. The fourth-order valence-electron chi connectivity index (χ4n) is 2.24. The molecule has 0 spiro atoms. The molecule has 8 heteroatoms. The Hall–Kier alpha value is -3.13. The molecule has 2 aromatic carbocycles. The van der Waals surface area contributed by atoms with Crippen LogP contribution in [0.5, 0.6) is 0 Å². The number of esters is 1. The van der Waals surface area contributed by atoms with Gasteiger partial charge in [0.05, 0.1) is 18.0 Å². The lowest BCUT2D eigenvalue weighted by Gasteiger charge is -2.08. The van der Waals surface area contributed by atoms with Gasteiger partial charge >= 0.3 is 5.97 Å². The number of benzene rings is 2. The van der Waals surface area contributed by atoms with Gasteiger partial charge in [-0.05, 0) is 55.0 Å². The number of carbonyl (C=O) groups is 2. The summed E-state index contributed by atoms with van der Waals surface area (Å²) in [4.78, 5) is 23.5. The first-order chi connectivity index (χ1) is 13.3. The Balaban J connectivity index is 1.85. The van der Waals surface area contributed by atoms with Crippen molar-refractivity contribution >= 4 is 39.2 Å². The quantitative estimate of drug-likeness (QED) is 0.520. The molecule has 2 N–H and O–H groups in total. The fraction of sp³-hybridized carbons (Fsp3) is 0.200. The second-order valence-corrected chi connectivity index (χ2v) is 7.92. The van der Waals surface area contributed by atoms with Crippen LogP contribution in [0.3, 0.4) is 0 Å². The highest BCUT2D eigenvalue weighted by Crippen LogP contribution is 2.14. The molecule has 2 rings (SSSR count). The van der Waals surface area contributed by atoms with Crippen LogP contribution in [0, 0.1) is 0 Å². The zero-order valence-electron chi connectivity index (χ0n) is 15.6. The van der Waals surface area contributed by atoms with Crippen LogP contribution in [0.15, 0.2) is 59.5 Å². The molecule has 0 aliphatic heterocycles. The SMILES string of the molecule is CCOC(=O)/C=C/c1ccc(NCC(=O)Nc2ccc(S(C)(=O)=O)cc2)cc1. The molecule has 0 saturated heterocycles. The zero-order valence-corrected chi connectivity index (χ0v) is 16.5. The van der Waals surface area contributed by atoms with Gasteiger partial charge in [0.1, 0.15) is 0 Å². The summed E-state index contributed by atoms with van der Waals surface area (Å²) in [7, 11) is -3.27. The van der Waals surface area contributed by atoms with Crippen LogP contribution in [0.4, 0.5) is 11.4 Å². The van der Waals surface area contributed by atoms with Crippen molar-refractivity contribution in [2.24, 2.45) is 0 Å². The molecule has 2 aromatic rings. The third-order valence-electron chi connectivity index (χ3n) is 3.63. The molecule has 0 aliphatic rings. The molecule has 0 atom stereocenters. The smallest absolute Gasteiger partial charge is 0.330 e. The zero-order chi connectivity index (χ0) is 20.6. The molecule has 7 nitrogen and oxygen atoms in total. The Labute approximate surface area is 164 Å². The van der Waals surface area contributed by atoms with E-state index < -0.39 is 15.8 Å². The number of hydrogen-bond donors (Lipinski definition) is 2. The Morgan fingerprint density at radius 2 is 1.61 bits per heavy atom. The minimum absolute atomic E-state index is 0.0475. The van der Waals surface area contributed by atoms with Crippen LogP contribution in [-0.2, 0) is 24.2 Å². The van der Waals surface area contributed by atoms with Crippen molar-refractivity contribution in [3.63, 3.8) is 0 Å². The van der Waals surface area contributed by atoms with Crippen LogP contribution in [-0.4, -0.2) is 39.7 Å². The Morgan fingerprint density at radius 1 is 1.00 bits per heavy atom. The van der Waals surface area contributed by atoms with Crippen molar-refractivity contribution in [2.45, 2.75) is 11.8 Å². The third-order valence-corrected chi connectivity index (χ3v) is 4.76. The lowest BCUT2D eigenvalue weighted by molar-refractivity contribution is -0.137. The molecular formula is C20H22N2O5S. The van der Waals surface area contributed by atoms with Gasteiger partial charge in [0, 0.05) is 23.7 Å². The Morgan fingerprint density at radius 3 is 2.18 bits per heavy atom. The van der Waals surface area contributed by atoms with Crippen LogP contribution >= 0.6 is 0 Å². The molecule has 0 unspecified atom stereocenters. The highest BCUT2D eigenvalue weighted by atomic mass is 32.2. The maximum Gasteiger partial charge on any atom is 0.330 e. The van der Waals surface area contributed by atoms with Crippen LogP contribution < -0.4 is 10.6 Å². The van der Waals surface area contributed by atoms with E-state index in [1.54, 1.807) is 49.4 Å². The number of sulfone groups is 1. The van der Waals surface area contributed by atoms with Gasteiger partial charge in [-0.15, -0.1) is 0 Å². The summed E-state index contributed by atoms with van der Waals surface area (Å²) >= 11 is 0. The maximum atomic E-state index is 12.0. The Kier molecular flexibility index (Phi) is 7.34. The summed E-state index contributed by atoms with van der Waals surface area (Å²) in [6, 6.07) is 13.2. The van der Waals surface area contributed by atoms with Gasteiger partial charge in [0.15, 0.2) is 9.84 Å². The predicted octanol–water partition coefficient (Wildman–Crippen LogP) is 2.72. The molecule has 0 heterocycles. The second-order valence-electron chi connectivity index (χ2n) is 5.91. The summed E-state index contributed by atoms with van der Waals surface area (Å²) < 4.78 is 27.7. The molecule has 28 heavy (non-hydrogen) atoms. The van der Waals surface area contributed by atoms with Crippen molar-refractivity contribution in [3.8, 4) is 0 Å². The highest BCUT2D eigenvalue weighted by Gasteiger charge is 2.07. The van der Waals surface area contributed by atoms with Crippen molar-refractivity contribution in [2.75, 3.05) is 30.0 Å². The molecule has 0 aliphatic carbocycles. The van der Waals surface area contributed by atoms with E-state index in [2.05, 4.69) is 10.6 Å². The van der Waals surface area contributed by atoms with E-state index in [4.69, 9.17) is 4.74 Å². The van der Waals surface area contributed by atoms with Gasteiger partial charge in [-0.2, -0.15) is 0 Å². The molecule has 0 saturated carbocycles. The normalized spacial score (nSPS) is 11.2. The second kappa shape index (κ2) is 9.70. The van der Waals surface area contributed by atoms with Gasteiger partial charge in [-0.25, -0.2) is 13.2 Å². The van der Waals surface area contributed by atoms with Crippen molar-refractivity contribution in [1.82, 2.24) is 0 Å². The summed E-state index contributed by atoms with van der Waals surface area (Å²) in [5, 5.41) is 5.68. The average molecular weight is 402 g/mol. The standard InChI is InChI=1S/C20H22N2O5S/c1-3-27-20(24)13-6-15-4-7-16(8-5-15)21-14-19(23)22-17-9-11-18(12-10-17)28(2,25)26/h4-13,21H,3,14H2,1-2H3,(H,22,23)/b13-6+. The fourth-order valence-corrected chi connectivity index (χ4v) is 2.87. The van der Waals surface area contributed by atoms with Crippen LogP contribution in [0.25, 0.3) is 6.08 Å². The molecule has 0 aromatic heterocycles. The van der Waals surface area contributed by atoms with Crippen molar-refractivity contribution in [3.05, 3.63) is 60.2 Å². The maximum absolute atomic E-state index is 12.0. The number of hydrogen-bond acceptors (Lipinski definition) is 6. The van der Waals surface area contributed by atoms with Crippen LogP contribution in [0.2, 0.25) is 0 Å². The number of amides is 1. The van der Waals surface area contributed by atoms with E-state index in [-0.39, 0.29) is 17.3 Å². The van der Waals surface area contributed by atoms with E-state index in [1.165, 1.54) is 18.2 Å². The van der Waals surface area contributed by atoms with E-state index >= 15 is 0 Å². The van der Waals surface area contributed by atoms with Crippen molar-refractivity contribution < 1.29 is 22.7 Å². The van der Waals surface area contributed by atoms with E-state index in [1.807, 2.05) is 0 Å². The summed E-state index contributed by atoms with van der Waals surface area (Å²) in [5.41, 5.74) is 2.09. The summed E-state index contributed by atoms with van der Waals surface area (Å²) in [6.45, 7) is 2.12. The first kappa shape index (κ1) is 21.2. The number of ether oxygens (including phenoxy) is 1. The molecule has 1 amide bonds. The third kappa shape index (κ3) is 6.88. The minimum Gasteiger partial charge on any atom is -0.463 e. The molecule has 0 fully saturated rings. The first-order valence-electron chi connectivity index (χ1n) is 8.56. The number of anilines is 2. The van der Waals surface area contributed by atoms with Crippen LogP contribution in [0.1, 0.15) is 12.5 Å². The van der Waals surface area contributed by atoms with Gasteiger partial charge in [0.25, 0.3) is 0 Å². The molecule has 148 valence electrons. The average Bonchev–Trinajstić information content (AvgIpc) is 2.65. The number of carbonyl (C=O) groups excluding carboxylic acids is 2. The lowest BCUT2D eigenvalue weighted by atomic mass is 10.2. The number of rotatable bonds is 8. The summed E-state index contributed by atoms with van der Waals surface area (Å²) in [5.74, 6) is -0.663. The summed E-state index contributed by atoms with van der Waals surface area (Å²) in [6.07, 6.45) is 4.13. The highest BCUT2D eigenvalue weighted by molar-refractivity contribution is 7.90. The lowest BCUT2D eigenvalue weighted by Crippen LogP contribution is -2.21. The van der Waals surface area contributed by atoms with E-state index in [0.29, 0.717) is 12.3 Å². The van der Waals surface area contributed by atoms with Gasteiger partial charge < -0.3 is 15.4 Å². The molecule has 0 bridgehead atoms. The molecular weight excluding hydrogens is 380 g/mol. The monoisotopic (exact) mass is 402 g/mol. The topological polar surface area (TPSA) is 102 Å². The van der Waals surface area contributed by atoms with Gasteiger partial charge in [-0.3, -0.25) is 4.79 Å². The van der Waals surface area contributed by atoms with Gasteiger partial charge in [0.2, 0.25) is 5.91 Å². The van der Waals surface area contributed by atoms with E-state index in [0.717, 1.165) is 17.5 Å². The van der Waals surface area contributed by atoms with E-state index in [9.17, 15) is 18.0 Å². The number of nitrogens with one attached hydrogen (secondary N) is 2.